The summed E-state index contributed by atoms with van der Waals surface area (Å²) in [4.78, 5) is 0. The van der Waals surface area contributed by atoms with Gasteiger partial charge in [-0.05, 0) is 0 Å². The van der Waals surface area contributed by atoms with Crippen molar-refractivity contribution in [1.82, 2.24) is 0 Å². The second-order valence-electron chi connectivity index (χ2n) is 1.36. The summed E-state index contributed by atoms with van der Waals surface area (Å²) in [5.74, 6) is 0. The Labute approximate surface area is 66.2 Å². The van der Waals surface area contributed by atoms with Gasteiger partial charge in [-0.25, -0.2) is 0 Å². The van der Waals surface area contributed by atoms with Crippen molar-refractivity contribution in [3.8, 4) is 0 Å². The molecule has 0 aromatic heterocycles. The molecule has 0 atom stereocenters. The zero-order valence-corrected chi connectivity index (χ0v) is 8.15. The van der Waals surface area contributed by atoms with Gasteiger partial charge < -0.3 is 0 Å². The molecule has 0 unspecified atom stereocenters. The van der Waals surface area contributed by atoms with Crippen molar-refractivity contribution < 1.29 is 6.15 Å². The van der Waals surface area contributed by atoms with E-state index in [0.717, 1.165) is 0 Å². The van der Waals surface area contributed by atoms with Gasteiger partial charge in [-0.3, -0.25) is 0 Å². The Morgan fingerprint density at radius 2 is 1.44 bits per heavy atom. The van der Waals surface area contributed by atoms with Gasteiger partial charge in [-0.2, -0.15) is 0 Å². The molecule has 0 amide bonds. The van der Waals surface area contributed by atoms with Gasteiger partial charge in [0.2, 0.25) is 0 Å². The number of hydrogen-bond acceptors (Lipinski definition) is 4. The molecule has 4 N–H and O–H groups in total. The number of rotatable bonds is 6. The summed E-state index contributed by atoms with van der Waals surface area (Å²) in [6.45, 7) is 2.40. The molecule has 2 radical (unpaired) electrons. The van der Waals surface area contributed by atoms with Crippen molar-refractivity contribution in [2.45, 2.75) is 0 Å². The molecule has 0 fully saturated rings. The summed E-state index contributed by atoms with van der Waals surface area (Å²) in [6, 6.07) is 0. The molecule has 0 aliphatic rings. The summed E-state index contributed by atoms with van der Waals surface area (Å²) >= 11 is -1.01. The van der Waals surface area contributed by atoms with Gasteiger partial charge in [0, 0.05) is 0 Å². The van der Waals surface area contributed by atoms with E-state index in [0.29, 0.717) is 26.3 Å². The Hall–Kier alpha value is 0.639. The fourth-order valence-electron chi connectivity index (χ4n) is 0.243. The molecule has 0 aliphatic carbocycles. The van der Waals surface area contributed by atoms with Gasteiger partial charge in [-0.15, -0.1) is 0 Å². The summed E-state index contributed by atoms with van der Waals surface area (Å²) in [5.41, 5.74) is 10.3. The van der Waals surface area contributed by atoms with Crippen LogP contribution in [0, 0.1) is 0 Å². The van der Waals surface area contributed by atoms with E-state index in [4.69, 9.17) is 17.6 Å². The van der Waals surface area contributed by atoms with E-state index in [9.17, 15) is 0 Å². The van der Waals surface area contributed by atoms with Crippen LogP contribution in [0.2, 0.25) is 0 Å². The second-order valence-corrected chi connectivity index (χ2v) is 3.48. The van der Waals surface area contributed by atoms with Gasteiger partial charge in [-0.1, -0.05) is 0 Å². The van der Waals surface area contributed by atoms with E-state index in [1.807, 2.05) is 0 Å². The maximum absolute atomic E-state index is 5.17. The predicted octanol–water partition coefficient (Wildman–Crippen LogP) is -1.53. The molecule has 0 rings (SSSR count). The topological polar surface area (TPSA) is 70.5 Å². The van der Waals surface area contributed by atoms with Gasteiger partial charge >= 0.3 is 65.9 Å². The SMILES string of the molecule is NCC[O][Sn][O]CCN. The Morgan fingerprint density at radius 1 is 1.00 bits per heavy atom. The van der Waals surface area contributed by atoms with Crippen LogP contribution in [0.15, 0.2) is 0 Å². The molecular formula is C4H12N2O2Sn. The van der Waals surface area contributed by atoms with Crippen LogP contribution in [0.5, 0.6) is 0 Å². The van der Waals surface area contributed by atoms with Crippen LogP contribution in [0.3, 0.4) is 0 Å². The van der Waals surface area contributed by atoms with Gasteiger partial charge in [0.05, 0.1) is 0 Å². The third-order valence-electron chi connectivity index (χ3n) is 0.558. The van der Waals surface area contributed by atoms with E-state index in [1.54, 1.807) is 0 Å². The maximum atomic E-state index is 5.17. The minimum atomic E-state index is -1.01. The second kappa shape index (κ2) is 8.64. The summed E-state index contributed by atoms with van der Waals surface area (Å²) < 4.78 is 10.1. The zero-order chi connectivity index (χ0) is 6.95. The Bertz CT molecular complexity index is 49.8. The standard InChI is InChI=1S/2C2H6NO.Sn/c2*3-1-2-4;/h2*1-3H2;/q2*-1;+2. The predicted molar refractivity (Wildman–Crippen MR) is 35.8 cm³/mol. The monoisotopic (exact) mass is 240 g/mol. The minimum absolute atomic E-state index is 0.576. The first kappa shape index (κ1) is 9.64. The van der Waals surface area contributed by atoms with Crippen molar-refractivity contribution >= 4 is 22.0 Å². The number of hydrogen-bond donors (Lipinski definition) is 2. The van der Waals surface area contributed by atoms with Crippen LogP contribution >= 0.6 is 0 Å². The molecule has 9 heavy (non-hydrogen) atoms. The van der Waals surface area contributed by atoms with Crippen molar-refractivity contribution in [3.05, 3.63) is 0 Å². The molecular weight excluding hydrogens is 227 g/mol. The molecule has 0 heterocycles. The van der Waals surface area contributed by atoms with Crippen molar-refractivity contribution in [2.75, 3.05) is 26.3 Å². The normalized spacial score (nSPS) is 10.0. The van der Waals surface area contributed by atoms with Crippen LogP contribution in [-0.2, 0) is 6.15 Å². The van der Waals surface area contributed by atoms with E-state index < -0.39 is 22.0 Å². The fraction of sp³-hybridized carbons (Fsp3) is 1.00. The Balaban J connectivity index is 2.60. The average molecular weight is 239 g/mol. The first-order valence-corrected chi connectivity index (χ1v) is 5.13. The van der Waals surface area contributed by atoms with Crippen molar-refractivity contribution in [2.24, 2.45) is 11.5 Å². The van der Waals surface area contributed by atoms with Gasteiger partial charge in [0.1, 0.15) is 0 Å². The summed E-state index contributed by atoms with van der Waals surface area (Å²) in [6.07, 6.45) is 0. The fourth-order valence-corrected chi connectivity index (χ4v) is 1.63. The van der Waals surface area contributed by atoms with E-state index in [2.05, 4.69) is 0 Å². The third-order valence-corrected chi connectivity index (χ3v) is 2.40. The van der Waals surface area contributed by atoms with Crippen LogP contribution in [0.1, 0.15) is 0 Å². The van der Waals surface area contributed by atoms with Gasteiger partial charge in [0.25, 0.3) is 0 Å². The first-order valence-electron chi connectivity index (χ1n) is 2.80. The van der Waals surface area contributed by atoms with Crippen molar-refractivity contribution in [3.63, 3.8) is 0 Å². The van der Waals surface area contributed by atoms with Crippen LogP contribution in [0.4, 0.5) is 0 Å². The van der Waals surface area contributed by atoms with Crippen molar-refractivity contribution in [1.29, 1.82) is 0 Å². The molecule has 5 heteroatoms. The summed E-state index contributed by atoms with van der Waals surface area (Å²) in [7, 11) is 0. The quantitative estimate of drug-likeness (QED) is 0.435. The molecule has 54 valence electrons. The molecule has 0 spiro atoms. The third kappa shape index (κ3) is 8.64. The molecule has 0 aliphatic heterocycles. The Kier molecular flexibility index (Phi) is 9.25. The zero-order valence-electron chi connectivity index (χ0n) is 5.30. The number of nitrogens with two attached hydrogens (primary N) is 2. The van der Waals surface area contributed by atoms with Crippen LogP contribution < -0.4 is 11.5 Å². The average Bonchev–Trinajstić information content (AvgIpc) is 1.89. The van der Waals surface area contributed by atoms with E-state index >= 15 is 0 Å². The summed E-state index contributed by atoms with van der Waals surface area (Å²) in [5, 5.41) is 0. The molecule has 0 aromatic rings. The molecule has 0 bridgehead atoms. The molecule has 4 nitrogen and oxygen atoms in total. The van der Waals surface area contributed by atoms with E-state index in [1.165, 1.54) is 0 Å². The van der Waals surface area contributed by atoms with Gasteiger partial charge in [0.15, 0.2) is 0 Å². The van der Waals surface area contributed by atoms with E-state index in [-0.39, 0.29) is 0 Å². The van der Waals surface area contributed by atoms with Crippen LogP contribution in [-0.4, -0.2) is 48.3 Å². The van der Waals surface area contributed by atoms with Crippen LogP contribution in [0.25, 0.3) is 0 Å². The Morgan fingerprint density at radius 3 is 1.78 bits per heavy atom. The first-order chi connectivity index (χ1) is 4.41. The molecule has 0 saturated heterocycles. The molecule has 0 saturated carbocycles. The molecule has 0 aromatic carbocycles.